The van der Waals surface area contributed by atoms with Crippen molar-refractivity contribution in [2.24, 2.45) is 0 Å². The summed E-state index contributed by atoms with van der Waals surface area (Å²) in [6.45, 7) is 3.45. The quantitative estimate of drug-likeness (QED) is 0.768. The van der Waals surface area contributed by atoms with Gasteiger partial charge in [0.05, 0.1) is 25.4 Å². The maximum Gasteiger partial charge on any atom is 0.257 e. The fourth-order valence-corrected chi connectivity index (χ4v) is 1.73. The van der Waals surface area contributed by atoms with Gasteiger partial charge in [-0.15, -0.1) is 0 Å². The van der Waals surface area contributed by atoms with Gasteiger partial charge in [0.1, 0.15) is 5.75 Å². The van der Waals surface area contributed by atoms with Gasteiger partial charge in [-0.1, -0.05) is 12.1 Å². The molecule has 1 N–H and O–H groups in total. The lowest BCUT2D eigenvalue weighted by atomic mass is 10.1. The number of rotatable bonds is 8. The Morgan fingerprint density at radius 2 is 2.05 bits per heavy atom. The van der Waals surface area contributed by atoms with Crippen LogP contribution in [-0.4, -0.2) is 55.9 Å². The first-order valence-corrected chi connectivity index (χ1v) is 6.35. The molecule has 0 atom stereocenters. The zero-order chi connectivity index (χ0) is 14.1. The normalized spacial score (nSPS) is 10.3. The highest BCUT2D eigenvalue weighted by molar-refractivity contribution is 5.96. The van der Waals surface area contributed by atoms with Crippen molar-refractivity contribution in [2.45, 2.75) is 6.92 Å². The molecule has 1 rings (SSSR count). The third-order valence-electron chi connectivity index (χ3n) is 2.64. The smallest absolute Gasteiger partial charge is 0.257 e. The third-order valence-corrected chi connectivity index (χ3v) is 2.64. The second-order valence-corrected chi connectivity index (χ2v) is 3.94. The molecule has 0 heterocycles. The molecule has 0 fully saturated rings. The van der Waals surface area contributed by atoms with E-state index in [1.54, 1.807) is 30.2 Å². The van der Waals surface area contributed by atoms with Crippen LogP contribution in [-0.2, 0) is 4.74 Å². The Morgan fingerprint density at radius 1 is 1.32 bits per heavy atom. The molecule has 0 saturated heterocycles. The number of nitrogens with zero attached hydrogens (tertiary/aromatic N) is 1. The molecule has 0 aliphatic rings. The number of carbonyl (C=O) groups is 1. The molecule has 0 aliphatic heterocycles. The van der Waals surface area contributed by atoms with Crippen LogP contribution >= 0.6 is 0 Å². The van der Waals surface area contributed by atoms with Crippen LogP contribution in [0.2, 0.25) is 0 Å². The zero-order valence-electron chi connectivity index (χ0n) is 11.5. The van der Waals surface area contributed by atoms with Crippen molar-refractivity contribution in [3.8, 4) is 5.75 Å². The Labute approximate surface area is 113 Å². The van der Waals surface area contributed by atoms with E-state index < -0.39 is 0 Å². The van der Waals surface area contributed by atoms with E-state index >= 15 is 0 Å². The van der Waals surface area contributed by atoms with Crippen LogP contribution < -0.4 is 4.74 Å². The van der Waals surface area contributed by atoms with E-state index in [1.807, 2.05) is 13.0 Å². The summed E-state index contributed by atoms with van der Waals surface area (Å²) in [5, 5.41) is 9.04. The first-order valence-electron chi connectivity index (χ1n) is 6.35. The molecule has 19 heavy (non-hydrogen) atoms. The predicted molar refractivity (Wildman–Crippen MR) is 72.5 cm³/mol. The van der Waals surface area contributed by atoms with Gasteiger partial charge in [0.2, 0.25) is 0 Å². The van der Waals surface area contributed by atoms with Gasteiger partial charge in [0, 0.05) is 20.2 Å². The van der Waals surface area contributed by atoms with Crippen molar-refractivity contribution >= 4 is 5.91 Å². The lowest BCUT2D eigenvalue weighted by molar-refractivity contribution is 0.0652. The lowest BCUT2D eigenvalue weighted by Crippen LogP contribution is -2.36. The van der Waals surface area contributed by atoms with E-state index in [2.05, 4.69) is 0 Å². The molecule has 0 unspecified atom stereocenters. The maximum absolute atomic E-state index is 12.4. The molecule has 106 valence electrons. The minimum atomic E-state index is -0.157. The number of methoxy groups -OCH3 is 1. The Kier molecular flexibility index (Phi) is 6.92. The van der Waals surface area contributed by atoms with Crippen molar-refractivity contribution in [1.82, 2.24) is 4.90 Å². The fraction of sp³-hybridized carbons (Fsp3) is 0.500. The van der Waals surface area contributed by atoms with E-state index in [-0.39, 0.29) is 19.1 Å². The van der Waals surface area contributed by atoms with E-state index in [4.69, 9.17) is 14.6 Å². The largest absolute Gasteiger partial charge is 0.493 e. The lowest BCUT2D eigenvalue weighted by Gasteiger charge is -2.22. The monoisotopic (exact) mass is 267 g/mol. The number of aliphatic hydroxyl groups is 1. The molecule has 0 aromatic heterocycles. The fourth-order valence-electron chi connectivity index (χ4n) is 1.73. The molecule has 1 aromatic rings. The van der Waals surface area contributed by atoms with Crippen LogP contribution in [0.4, 0.5) is 0 Å². The number of carbonyl (C=O) groups excluding carboxylic acids is 1. The number of ether oxygens (including phenoxy) is 2. The number of para-hydroxylation sites is 1. The van der Waals surface area contributed by atoms with Crippen LogP contribution in [0.25, 0.3) is 0 Å². The van der Waals surface area contributed by atoms with Gasteiger partial charge in [-0.05, 0) is 19.1 Å². The maximum atomic E-state index is 12.4. The average molecular weight is 267 g/mol. The van der Waals surface area contributed by atoms with Crippen LogP contribution in [0.1, 0.15) is 17.3 Å². The Morgan fingerprint density at radius 3 is 2.68 bits per heavy atom. The Balaban J connectivity index is 2.88. The van der Waals surface area contributed by atoms with E-state index in [1.165, 1.54) is 0 Å². The van der Waals surface area contributed by atoms with E-state index in [0.29, 0.717) is 31.1 Å². The van der Waals surface area contributed by atoms with Gasteiger partial charge in [0.15, 0.2) is 0 Å². The predicted octanol–water partition coefficient (Wildman–Crippen LogP) is 1.17. The highest BCUT2D eigenvalue weighted by Crippen LogP contribution is 2.19. The summed E-state index contributed by atoms with van der Waals surface area (Å²) in [6, 6.07) is 7.12. The summed E-state index contributed by atoms with van der Waals surface area (Å²) in [5.74, 6) is 0.408. The molecular formula is C14H21NO4. The molecule has 0 spiro atoms. The molecular weight excluding hydrogens is 246 g/mol. The van der Waals surface area contributed by atoms with E-state index in [0.717, 1.165) is 0 Å². The van der Waals surface area contributed by atoms with Gasteiger partial charge in [-0.2, -0.15) is 0 Å². The van der Waals surface area contributed by atoms with Crippen molar-refractivity contribution in [1.29, 1.82) is 0 Å². The van der Waals surface area contributed by atoms with Crippen LogP contribution in [0.3, 0.4) is 0 Å². The Hall–Kier alpha value is -1.59. The van der Waals surface area contributed by atoms with Gasteiger partial charge in [-0.3, -0.25) is 4.79 Å². The van der Waals surface area contributed by atoms with E-state index in [9.17, 15) is 4.79 Å². The summed E-state index contributed by atoms with van der Waals surface area (Å²) < 4.78 is 10.4. The molecule has 1 aromatic carbocycles. The second-order valence-electron chi connectivity index (χ2n) is 3.94. The van der Waals surface area contributed by atoms with Crippen LogP contribution in [0, 0.1) is 0 Å². The summed E-state index contributed by atoms with van der Waals surface area (Å²) >= 11 is 0. The highest BCUT2D eigenvalue weighted by Gasteiger charge is 2.18. The molecule has 0 aliphatic carbocycles. The number of hydrogen-bond donors (Lipinski definition) is 1. The number of amides is 1. The molecule has 5 nitrogen and oxygen atoms in total. The van der Waals surface area contributed by atoms with Crippen molar-refractivity contribution in [3.63, 3.8) is 0 Å². The standard InChI is InChI=1S/C14H21NO4/c1-3-19-13-7-5-4-6-12(13)14(17)15(8-10-16)9-11-18-2/h4-7,16H,3,8-11H2,1-2H3. The first-order chi connectivity index (χ1) is 9.24. The number of aliphatic hydroxyl groups excluding tert-OH is 1. The highest BCUT2D eigenvalue weighted by atomic mass is 16.5. The average Bonchev–Trinajstić information content (AvgIpc) is 2.44. The molecule has 0 saturated carbocycles. The molecule has 5 heteroatoms. The van der Waals surface area contributed by atoms with Gasteiger partial charge in [0.25, 0.3) is 5.91 Å². The SMILES string of the molecule is CCOc1ccccc1C(=O)N(CCO)CCOC. The topological polar surface area (TPSA) is 59.0 Å². The summed E-state index contributed by atoms with van der Waals surface area (Å²) in [7, 11) is 1.58. The zero-order valence-corrected chi connectivity index (χ0v) is 11.5. The van der Waals surface area contributed by atoms with Crippen LogP contribution in [0.5, 0.6) is 5.75 Å². The minimum absolute atomic E-state index is 0.0771. The molecule has 1 amide bonds. The number of benzene rings is 1. The van der Waals surface area contributed by atoms with Crippen LogP contribution in [0.15, 0.2) is 24.3 Å². The van der Waals surface area contributed by atoms with Gasteiger partial charge in [-0.25, -0.2) is 0 Å². The van der Waals surface area contributed by atoms with Gasteiger partial charge < -0.3 is 19.5 Å². The van der Waals surface area contributed by atoms with Crippen molar-refractivity contribution in [2.75, 3.05) is 40.0 Å². The molecule has 0 bridgehead atoms. The third kappa shape index (κ3) is 4.54. The van der Waals surface area contributed by atoms with Crippen molar-refractivity contribution in [3.05, 3.63) is 29.8 Å². The number of hydrogen-bond acceptors (Lipinski definition) is 4. The summed E-state index contributed by atoms with van der Waals surface area (Å²) in [4.78, 5) is 14.0. The Bertz CT molecular complexity index is 395. The first kappa shape index (κ1) is 15.5. The molecule has 0 radical (unpaired) electrons. The second kappa shape index (κ2) is 8.50. The minimum Gasteiger partial charge on any atom is -0.493 e. The summed E-state index contributed by atoms with van der Waals surface area (Å²) in [5.41, 5.74) is 0.508. The summed E-state index contributed by atoms with van der Waals surface area (Å²) in [6.07, 6.45) is 0. The van der Waals surface area contributed by atoms with Gasteiger partial charge >= 0.3 is 0 Å². The van der Waals surface area contributed by atoms with Crippen molar-refractivity contribution < 1.29 is 19.4 Å².